The van der Waals surface area contributed by atoms with Crippen molar-refractivity contribution >= 4 is 9.84 Å². The van der Waals surface area contributed by atoms with Crippen LogP contribution in [0.1, 0.15) is 23.5 Å². The molecule has 5 nitrogen and oxygen atoms in total. The molecule has 88 valence electrons. The van der Waals surface area contributed by atoms with Crippen molar-refractivity contribution in [3.63, 3.8) is 0 Å². The Hall–Kier alpha value is -1.01. The zero-order chi connectivity index (χ0) is 11.6. The number of sulfone groups is 1. The lowest BCUT2D eigenvalue weighted by Crippen LogP contribution is -2.10. The van der Waals surface area contributed by atoms with Gasteiger partial charge in [-0.3, -0.25) is 0 Å². The topological polar surface area (TPSA) is 72.0 Å². The SMILES string of the molecule is CNCCCc1ncc2c(n1)CS(=O)(=O)C2. The van der Waals surface area contributed by atoms with Crippen LogP contribution in [0, 0.1) is 0 Å². The van der Waals surface area contributed by atoms with Crippen LogP contribution in [-0.2, 0) is 27.8 Å². The first-order valence-electron chi connectivity index (χ1n) is 5.29. The van der Waals surface area contributed by atoms with E-state index in [0.29, 0.717) is 5.69 Å². The molecule has 1 aromatic heterocycles. The van der Waals surface area contributed by atoms with Gasteiger partial charge in [0.25, 0.3) is 0 Å². The Morgan fingerprint density at radius 1 is 1.44 bits per heavy atom. The number of nitrogens with one attached hydrogen (secondary N) is 1. The molecule has 0 amide bonds. The smallest absolute Gasteiger partial charge is 0.160 e. The first-order chi connectivity index (χ1) is 7.61. The average Bonchev–Trinajstić information content (AvgIpc) is 2.51. The van der Waals surface area contributed by atoms with Crippen LogP contribution in [0.5, 0.6) is 0 Å². The van der Waals surface area contributed by atoms with Gasteiger partial charge in [0.1, 0.15) is 5.82 Å². The molecule has 6 heteroatoms. The number of fused-ring (bicyclic) bond motifs is 1. The van der Waals surface area contributed by atoms with Crippen LogP contribution in [0.15, 0.2) is 6.20 Å². The summed E-state index contributed by atoms with van der Waals surface area (Å²) in [5.74, 6) is 0.911. The number of aryl methyl sites for hydroxylation is 1. The number of nitrogens with zero attached hydrogens (tertiary/aromatic N) is 2. The van der Waals surface area contributed by atoms with Gasteiger partial charge in [0, 0.05) is 18.2 Å². The molecule has 0 bridgehead atoms. The highest BCUT2D eigenvalue weighted by molar-refractivity contribution is 7.90. The summed E-state index contributed by atoms with van der Waals surface area (Å²) in [5, 5.41) is 3.05. The Labute approximate surface area is 95.2 Å². The molecule has 1 N–H and O–H groups in total. The van der Waals surface area contributed by atoms with Crippen LogP contribution >= 0.6 is 0 Å². The normalized spacial score (nSPS) is 17.3. The van der Waals surface area contributed by atoms with Gasteiger partial charge >= 0.3 is 0 Å². The predicted octanol–water partition coefficient (Wildman–Crippen LogP) is 0.0570. The van der Waals surface area contributed by atoms with Gasteiger partial charge in [0.05, 0.1) is 17.2 Å². The third-order valence-corrected chi connectivity index (χ3v) is 4.03. The lowest BCUT2D eigenvalue weighted by Gasteiger charge is -2.01. The number of aromatic nitrogens is 2. The fourth-order valence-corrected chi connectivity index (χ4v) is 3.25. The molecule has 1 aromatic rings. The molecule has 0 radical (unpaired) electrons. The van der Waals surface area contributed by atoms with Gasteiger partial charge in [-0.15, -0.1) is 0 Å². The number of rotatable bonds is 4. The summed E-state index contributed by atoms with van der Waals surface area (Å²) < 4.78 is 22.8. The zero-order valence-electron chi connectivity index (χ0n) is 9.23. The lowest BCUT2D eigenvalue weighted by atomic mass is 10.2. The Kier molecular flexibility index (Phi) is 3.20. The second-order valence-corrected chi connectivity index (χ2v) is 6.06. The van der Waals surface area contributed by atoms with Crippen molar-refractivity contribution in [3.05, 3.63) is 23.3 Å². The highest BCUT2D eigenvalue weighted by Crippen LogP contribution is 2.22. The minimum absolute atomic E-state index is 0.0733. The first kappa shape index (κ1) is 11.5. The molecule has 2 heterocycles. The van der Waals surface area contributed by atoms with Crippen LogP contribution < -0.4 is 5.32 Å². The summed E-state index contributed by atoms with van der Waals surface area (Å²) >= 11 is 0. The molecule has 16 heavy (non-hydrogen) atoms. The molecule has 1 aliphatic rings. The third-order valence-electron chi connectivity index (χ3n) is 2.56. The molecule has 0 saturated heterocycles. The van der Waals surface area contributed by atoms with Crippen LogP contribution in [0.4, 0.5) is 0 Å². The monoisotopic (exact) mass is 241 g/mol. The first-order valence-corrected chi connectivity index (χ1v) is 7.11. The van der Waals surface area contributed by atoms with E-state index in [1.54, 1.807) is 6.20 Å². The summed E-state index contributed by atoms with van der Waals surface area (Å²) in [6, 6.07) is 0. The van der Waals surface area contributed by atoms with Gasteiger partial charge in [-0.05, 0) is 20.0 Å². The van der Waals surface area contributed by atoms with Gasteiger partial charge in [-0.25, -0.2) is 18.4 Å². The van der Waals surface area contributed by atoms with Crippen molar-refractivity contribution in [2.75, 3.05) is 13.6 Å². The highest BCUT2D eigenvalue weighted by atomic mass is 32.2. The van der Waals surface area contributed by atoms with E-state index >= 15 is 0 Å². The maximum atomic E-state index is 11.4. The van der Waals surface area contributed by atoms with E-state index in [4.69, 9.17) is 0 Å². The van der Waals surface area contributed by atoms with Gasteiger partial charge in [0.2, 0.25) is 0 Å². The van der Waals surface area contributed by atoms with E-state index in [2.05, 4.69) is 15.3 Å². The summed E-state index contributed by atoms with van der Waals surface area (Å²) in [5.41, 5.74) is 1.45. The number of hydrogen-bond donors (Lipinski definition) is 1. The van der Waals surface area contributed by atoms with E-state index < -0.39 is 9.84 Å². The Morgan fingerprint density at radius 2 is 2.25 bits per heavy atom. The van der Waals surface area contributed by atoms with Gasteiger partial charge in [-0.1, -0.05) is 0 Å². The zero-order valence-corrected chi connectivity index (χ0v) is 10.0. The maximum Gasteiger partial charge on any atom is 0.160 e. The van der Waals surface area contributed by atoms with Crippen molar-refractivity contribution in [2.45, 2.75) is 24.3 Å². The Balaban J connectivity index is 2.10. The Morgan fingerprint density at radius 3 is 3.00 bits per heavy atom. The fraction of sp³-hybridized carbons (Fsp3) is 0.600. The standard InChI is InChI=1S/C10H15N3O2S/c1-11-4-2-3-10-12-5-8-6-16(14,15)7-9(8)13-10/h5,11H,2-4,6-7H2,1H3. The molecule has 0 unspecified atom stereocenters. The van der Waals surface area contributed by atoms with Crippen molar-refractivity contribution in [2.24, 2.45) is 0 Å². The molecule has 0 aliphatic carbocycles. The largest absolute Gasteiger partial charge is 0.320 e. The van der Waals surface area contributed by atoms with E-state index in [0.717, 1.165) is 30.8 Å². The van der Waals surface area contributed by atoms with E-state index in [1.807, 2.05) is 7.05 Å². The van der Waals surface area contributed by atoms with Crippen LogP contribution in [0.25, 0.3) is 0 Å². The quantitative estimate of drug-likeness (QED) is 0.755. The molecular weight excluding hydrogens is 226 g/mol. The van der Waals surface area contributed by atoms with Gasteiger partial charge in [-0.2, -0.15) is 0 Å². The van der Waals surface area contributed by atoms with Gasteiger partial charge in [0.15, 0.2) is 9.84 Å². The lowest BCUT2D eigenvalue weighted by molar-refractivity contribution is 0.597. The number of hydrogen-bond acceptors (Lipinski definition) is 5. The van der Waals surface area contributed by atoms with Crippen molar-refractivity contribution in [1.82, 2.24) is 15.3 Å². The molecular formula is C10H15N3O2S. The molecule has 2 rings (SSSR count). The summed E-state index contributed by atoms with van der Waals surface area (Å²) in [7, 11) is -1.06. The second-order valence-electron chi connectivity index (χ2n) is 4.00. The minimum Gasteiger partial charge on any atom is -0.320 e. The summed E-state index contributed by atoms with van der Waals surface area (Å²) in [4.78, 5) is 8.49. The van der Waals surface area contributed by atoms with Crippen molar-refractivity contribution in [3.8, 4) is 0 Å². The molecule has 1 aliphatic heterocycles. The van der Waals surface area contributed by atoms with E-state index in [-0.39, 0.29) is 11.5 Å². The molecule has 0 atom stereocenters. The third kappa shape index (κ3) is 2.56. The molecule has 0 saturated carbocycles. The molecule has 0 aromatic carbocycles. The Bertz CT molecular complexity index is 485. The van der Waals surface area contributed by atoms with Crippen molar-refractivity contribution < 1.29 is 8.42 Å². The molecule has 0 spiro atoms. The van der Waals surface area contributed by atoms with Crippen molar-refractivity contribution in [1.29, 1.82) is 0 Å². The van der Waals surface area contributed by atoms with E-state index in [1.165, 1.54) is 0 Å². The average molecular weight is 241 g/mol. The summed E-state index contributed by atoms with van der Waals surface area (Å²) in [6.45, 7) is 0.915. The maximum absolute atomic E-state index is 11.4. The minimum atomic E-state index is -2.96. The fourth-order valence-electron chi connectivity index (χ4n) is 1.77. The summed E-state index contributed by atoms with van der Waals surface area (Å²) in [6.07, 6.45) is 3.40. The van der Waals surface area contributed by atoms with E-state index in [9.17, 15) is 8.42 Å². The molecule has 0 fully saturated rings. The highest BCUT2D eigenvalue weighted by Gasteiger charge is 2.26. The predicted molar refractivity (Wildman–Crippen MR) is 60.6 cm³/mol. The van der Waals surface area contributed by atoms with Crippen LogP contribution in [-0.4, -0.2) is 32.0 Å². The van der Waals surface area contributed by atoms with Crippen LogP contribution in [0.3, 0.4) is 0 Å². The van der Waals surface area contributed by atoms with Crippen LogP contribution in [0.2, 0.25) is 0 Å². The van der Waals surface area contributed by atoms with Gasteiger partial charge < -0.3 is 5.32 Å². The second kappa shape index (κ2) is 4.47.